The second-order valence-electron chi connectivity index (χ2n) is 3.98. The molecule has 0 aliphatic carbocycles. The van der Waals surface area contributed by atoms with Gasteiger partial charge in [0.2, 0.25) is 5.91 Å². The van der Waals surface area contributed by atoms with Crippen molar-refractivity contribution >= 4 is 5.91 Å². The minimum Gasteiger partial charge on any atom is -0.508 e. The van der Waals surface area contributed by atoms with Crippen molar-refractivity contribution in [3.8, 4) is 5.75 Å². The van der Waals surface area contributed by atoms with Crippen LogP contribution in [0.3, 0.4) is 0 Å². The molecule has 5 nitrogen and oxygen atoms in total. The van der Waals surface area contributed by atoms with E-state index in [1.807, 2.05) is 19.1 Å². The Hall–Kier alpha value is -1.59. The lowest BCUT2D eigenvalue weighted by Crippen LogP contribution is -2.31. The molecule has 0 saturated heterocycles. The number of aromatic hydroxyl groups is 1. The van der Waals surface area contributed by atoms with Gasteiger partial charge in [-0.3, -0.25) is 9.63 Å². The van der Waals surface area contributed by atoms with E-state index in [1.54, 1.807) is 12.1 Å². The molecule has 0 spiro atoms. The average Bonchev–Trinajstić information content (AvgIpc) is 2.28. The molecule has 17 heavy (non-hydrogen) atoms. The molecule has 0 aliphatic heterocycles. The van der Waals surface area contributed by atoms with Gasteiger partial charge in [-0.05, 0) is 37.5 Å². The zero-order valence-corrected chi connectivity index (χ0v) is 9.85. The Kier molecular flexibility index (Phi) is 5.45. The van der Waals surface area contributed by atoms with Crippen molar-refractivity contribution in [2.45, 2.75) is 25.8 Å². The standard InChI is InChI=1S/C12H18N2O3/c1-9(14-17-8-12(13)16)2-3-10-4-6-11(15)7-5-10/h4-7,9,14-15H,2-3,8H2,1H3,(H2,13,16). The Labute approximate surface area is 101 Å². The summed E-state index contributed by atoms with van der Waals surface area (Å²) in [6.45, 7) is 1.84. The molecule has 0 aliphatic rings. The van der Waals surface area contributed by atoms with E-state index in [0.29, 0.717) is 0 Å². The van der Waals surface area contributed by atoms with Crippen LogP contribution in [0.4, 0.5) is 0 Å². The van der Waals surface area contributed by atoms with Crippen molar-refractivity contribution in [1.29, 1.82) is 0 Å². The van der Waals surface area contributed by atoms with Crippen molar-refractivity contribution in [3.05, 3.63) is 29.8 Å². The minimum absolute atomic E-state index is 0.121. The molecule has 5 heteroatoms. The summed E-state index contributed by atoms with van der Waals surface area (Å²) in [5, 5.41) is 9.13. The first-order chi connectivity index (χ1) is 8.08. The van der Waals surface area contributed by atoms with E-state index in [1.165, 1.54) is 0 Å². The summed E-state index contributed by atoms with van der Waals surface area (Å²) in [7, 11) is 0. The molecule has 94 valence electrons. The molecule has 1 atom stereocenters. The average molecular weight is 238 g/mol. The van der Waals surface area contributed by atoms with Crippen LogP contribution in [0.1, 0.15) is 18.9 Å². The smallest absolute Gasteiger partial charge is 0.245 e. The normalized spacial score (nSPS) is 12.3. The van der Waals surface area contributed by atoms with Crippen LogP contribution in [0.2, 0.25) is 0 Å². The minimum atomic E-state index is -0.497. The number of benzene rings is 1. The third-order valence-corrected chi connectivity index (χ3v) is 2.30. The quantitative estimate of drug-likeness (QED) is 0.611. The first-order valence-electron chi connectivity index (χ1n) is 5.51. The third kappa shape index (κ3) is 5.89. The number of hydroxylamine groups is 1. The van der Waals surface area contributed by atoms with Crippen LogP contribution >= 0.6 is 0 Å². The van der Waals surface area contributed by atoms with E-state index >= 15 is 0 Å². The molecular weight excluding hydrogens is 220 g/mol. The first kappa shape index (κ1) is 13.5. The summed E-state index contributed by atoms with van der Waals surface area (Å²) in [5.74, 6) is -0.229. The highest BCUT2D eigenvalue weighted by Gasteiger charge is 2.03. The molecule has 1 rings (SSSR count). The van der Waals surface area contributed by atoms with Crippen LogP contribution in [-0.2, 0) is 16.1 Å². The number of nitrogens with two attached hydrogens (primary N) is 1. The molecule has 0 aromatic heterocycles. The fourth-order valence-electron chi connectivity index (χ4n) is 1.36. The van der Waals surface area contributed by atoms with Gasteiger partial charge in [0.1, 0.15) is 12.4 Å². The summed E-state index contributed by atoms with van der Waals surface area (Å²) < 4.78 is 0. The Balaban J connectivity index is 2.21. The topological polar surface area (TPSA) is 84.6 Å². The Bertz CT molecular complexity index is 351. The first-order valence-corrected chi connectivity index (χ1v) is 5.51. The maximum atomic E-state index is 10.4. The number of primary amides is 1. The molecule has 1 unspecified atom stereocenters. The number of carbonyl (C=O) groups is 1. The highest BCUT2D eigenvalue weighted by atomic mass is 16.6. The van der Waals surface area contributed by atoms with Gasteiger partial charge in [-0.25, -0.2) is 0 Å². The number of rotatable bonds is 7. The van der Waals surface area contributed by atoms with Crippen molar-refractivity contribution in [3.63, 3.8) is 0 Å². The predicted octanol–water partition coefficient (Wildman–Crippen LogP) is 0.720. The fourth-order valence-corrected chi connectivity index (χ4v) is 1.36. The zero-order valence-electron chi connectivity index (χ0n) is 9.85. The van der Waals surface area contributed by atoms with E-state index in [4.69, 9.17) is 15.7 Å². The van der Waals surface area contributed by atoms with Gasteiger partial charge in [-0.2, -0.15) is 5.48 Å². The van der Waals surface area contributed by atoms with Crippen molar-refractivity contribution in [1.82, 2.24) is 5.48 Å². The summed E-state index contributed by atoms with van der Waals surface area (Å²) in [6, 6.07) is 7.22. The van der Waals surface area contributed by atoms with Crippen molar-refractivity contribution in [2.75, 3.05) is 6.61 Å². The number of aryl methyl sites for hydroxylation is 1. The zero-order chi connectivity index (χ0) is 12.7. The molecule has 0 radical (unpaired) electrons. The van der Waals surface area contributed by atoms with Gasteiger partial charge in [-0.1, -0.05) is 12.1 Å². The highest BCUT2D eigenvalue weighted by Crippen LogP contribution is 2.11. The van der Waals surface area contributed by atoms with Crippen LogP contribution in [0.5, 0.6) is 5.75 Å². The summed E-state index contributed by atoms with van der Waals surface area (Å²) >= 11 is 0. The van der Waals surface area contributed by atoms with Crippen LogP contribution in [0.15, 0.2) is 24.3 Å². The molecule has 0 bridgehead atoms. The summed E-state index contributed by atoms with van der Waals surface area (Å²) in [6.07, 6.45) is 1.73. The highest BCUT2D eigenvalue weighted by molar-refractivity contribution is 5.74. The number of hydrogen-bond donors (Lipinski definition) is 3. The molecule has 1 amide bonds. The lowest BCUT2D eigenvalue weighted by atomic mass is 10.1. The number of hydrogen-bond acceptors (Lipinski definition) is 4. The maximum absolute atomic E-state index is 10.4. The molecule has 0 saturated carbocycles. The molecule has 0 fully saturated rings. The largest absolute Gasteiger partial charge is 0.508 e. The maximum Gasteiger partial charge on any atom is 0.245 e. The van der Waals surface area contributed by atoms with E-state index in [2.05, 4.69) is 5.48 Å². The number of phenols is 1. The van der Waals surface area contributed by atoms with Gasteiger partial charge >= 0.3 is 0 Å². The Morgan fingerprint density at radius 3 is 2.71 bits per heavy atom. The van der Waals surface area contributed by atoms with Gasteiger partial charge in [0, 0.05) is 6.04 Å². The van der Waals surface area contributed by atoms with Crippen molar-refractivity contribution in [2.24, 2.45) is 5.73 Å². The van der Waals surface area contributed by atoms with Crippen LogP contribution in [-0.4, -0.2) is 23.7 Å². The Morgan fingerprint density at radius 1 is 1.47 bits per heavy atom. The van der Waals surface area contributed by atoms with E-state index < -0.39 is 5.91 Å². The van der Waals surface area contributed by atoms with Crippen molar-refractivity contribution < 1.29 is 14.7 Å². The van der Waals surface area contributed by atoms with Crippen LogP contribution in [0, 0.1) is 0 Å². The van der Waals surface area contributed by atoms with Crippen LogP contribution < -0.4 is 11.2 Å². The second kappa shape index (κ2) is 6.88. The van der Waals surface area contributed by atoms with Gasteiger partial charge in [0.15, 0.2) is 0 Å². The fraction of sp³-hybridized carbons (Fsp3) is 0.417. The van der Waals surface area contributed by atoms with Gasteiger partial charge in [-0.15, -0.1) is 0 Å². The molecule has 1 aromatic rings. The number of carbonyl (C=O) groups excluding carboxylic acids is 1. The molecule has 0 heterocycles. The predicted molar refractivity (Wildman–Crippen MR) is 64.2 cm³/mol. The molecule has 1 aromatic carbocycles. The van der Waals surface area contributed by atoms with Gasteiger partial charge < -0.3 is 10.8 Å². The third-order valence-electron chi connectivity index (χ3n) is 2.30. The second-order valence-corrected chi connectivity index (χ2v) is 3.98. The lowest BCUT2D eigenvalue weighted by Gasteiger charge is -2.12. The lowest BCUT2D eigenvalue weighted by molar-refractivity contribution is -0.126. The monoisotopic (exact) mass is 238 g/mol. The van der Waals surface area contributed by atoms with E-state index in [0.717, 1.165) is 18.4 Å². The Morgan fingerprint density at radius 2 is 2.12 bits per heavy atom. The number of amides is 1. The SMILES string of the molecule is CC(CCc1ccc(O)cc1)NOCC(N)=O. The molecular formula is C12H18N2O3. The van der Waals surface area contributed by atoms with E-state index in [-0.39, 0.29) is 18.4 Å². The number of nitrogens with one attached hydrogen (secondary N) is 1. The van der Waals surface area contributed by atoms with Gasteiger partial charge in [0.05, 0.1) is 0 Å². The summed E-state index contributed by atoms with van der Waals surface area (Å²) in [5.41, 5.74) is 8.82. The summed E-state index contributed by atoms with van der Waals surface area (Å²) in [4.78, 5) is 15.3. The van der Waals surface area contributed by atoms with Crippen LogP contribution in [0.25, 0.3) is 0 Å². The number of phenolic OH excluding ortho intramolecular Hbond substituents is 1. The van der Waals surface area contributed by atoms with Gasteiger partial charge in [0.25, 0.3) is 0 Å². The van der Waals surface area contributed by atoms with E-state index in [9.17, 15) is 4.79 Å². The molecule has 4 N–H and O–H groups in total.